The Morgan fingerprint density at radius 2 is 1.71 bits per heavy atom. The Labute approximate surface area is 187 Å². The molecule has 5 heteroatoms. The zero-order valence-electron chi connectivity index (χ0n) is 19.8. The zero-order valence-corrected chi connectivity index (χ0v) is 19.8. The van der Waals surface area contributed by atoms with Gasteiger partial charge in [0.1, 0.15) is 5.78 Å². The lowest BCUT2D eigenvalue weighted by Crippen LogP contribution is -2.59. The van der Waals surface area contributed by atoms with Crippen LogP contribution < -0.4 is 0 Å². The van der Waals surface area contributed by atoms with Gasteiger partial charge in [-0.25, -0.2) is 0 Å². The van der Waals surface area contributed by atoms with Crippen molar-refractivity contribution in [3.05, 3.63) is 0 Å². The first-order chi connectivity index (χ1) is 14.5. The van der Waals surface area contributed by atoms with Crippen LogP contribution in [0.15, 0.2) is 0 Å². The summed E-state index contributed by atoms with van der Waals surface area (Å²) in [5.74, 6) is 1.78. The first-order valence-electron chi connectivity index (χ1n) is 12.8. The third-order valence-corrected chi connectivity index (χ3v) is 10.7. The molecule has 0 unspecified atom stereocenters. The van der Waals surface area contributed by atoms with E-state index in [0.29, 0.717) is 49.4 Å². The van der Waals surface area contributed by atoms with Gasteiger partial charge in [-0.1, -0.05) is 34.1 Å². The maximum absolute atomic E-state index is 13.3. The largest absolute Gasteiger partial charge is 0.390 e. The van der Waals surface area contributed by atoms with E-state index in [4.69, 9.17) is 0 Å². The summed E-state index contributed by atoms with van der Waals surface area (Å²) in [4.78, 5) is 13.3. The minimum atomic E-state index is -0.778. The molecule has 0 aromatic heterocycles. The van der Waals surface area contributed by atoms with Crippen LogP contribution in [-0.4, -0.2) is 50.6 Å². The highest BCUT2D eigenvalue weighted by Crippen LogP contribution is 2.67. The van der Waals surface area contributed by atoms with E-state index in [9.17, 15) is 25.2 Å². The summed E-state index contributed by atoms with van der Waals surface area (Å²) in [5.41, 5.74) is -0.135. The molecular formula is C26H44O5. The molecule has 0 heterocycles. The quantitative estimate of drug-likeness (QED) is 0.530. The summed E-state index contributed by atoms with van der Waals surface area (Å²) in [5, 5.41) is 41.9. The highest BCUT2D eigenvalue weighted by Gasteiger charge is 2.63. The molecule has 4 rings (SSSR count). The predicted molar refractivity (Wildman–Crippen MR) is 119 cm³/mol. The van der Waals surface area contributed by atoms with Crippen molar-refractivity contribution in [3.8, 4) is 0 Å². The number of fused-ring (bicyclic) bond motifs is 5. The lowest BCUT2D eigenvalue weighted by molar-refractivity contribution is -0.174. The average molecular weight is 437 g/mol. The second-order valence-electron chi connectivity index (χ2n) is 12.1. The molecule has 0 aromatic rings. The van der Waals surface area contributed by atoms with Crippen molar-refractivity contribution in [1.29, 1.82) is 0 Å². The number of carbonyl (C=O) groups excluding carboxylic acids is 1. The van der Waals surface area contributed by atoms with Gasteiger partial charge in [0.25, 0.3) is 0 Å². The Balaban J connectivity index is 1.57. The first-order valence-corrected chi connectivity index (χ1v) is 12.8. The topological polar surface area (TPSA) is 98.0 Å². The van der Waals surface area contributed by atoms with E-state index in [1.807, 2.05) is 6.92 Å². The molecule has 0 spiro atoms. The smallest absolute Gasteiger partial charge is 0.136 e. The van der Waals surface area contributed by atoms with Crippen molar-refractivity contribution in [2.45, 2.75) is 110 Å². The fraction of sp³-hybridized carbons (Fsp3) is 0.962. The molecule has 4 fully saturated rings. The summed E-state index contributed by atoms with van der Waals surface area (Å²) in [7, 11) is 0. The molecule has 4 aliphatic rings. The zero-order chi connectivity index (χ0) is 22.7. The van der Waals surface area contributed by atoms with Gasteiger partial charge in [-0.2, -0.15) is 0 Å². The second-order valence-corrected chi connectivity index (χ2v) is 12.1. The molecule has 0 bridgehead atoms. The van der Waals surface area contributed by atoms with Crippen LogP contribution in [0.1, 0.15) is 85.5 Å². The van der Waals surface area contributed by atoms with E-state index >= 15 is 0 Å². The molecule has 0 aromatic carbocycles. The Bertz CT molecular complexity index is 681. The third-order valence-electron chi connectivity index (χ3n) is 10.7. The van der Waals surface area contributed by atoms with Crippen LogP contribution in [0.5, 0.6) is 0 Å². The van der Waals surface area contributed by atoms with Crippen LogP contribution >= 0.6 is 0 Å². The minimum absolute atomic E-state index is 0.0439. The lowest BCUT2D eigenvalue weighted by Gasteiger charge is -2.61. The predicted octanol–water partition coefficient (Wildman–Crippen LogP) is 3.31. The number of aliphatic hydroxyl groups is 4. The van der Waals surface area contributed by atoms with E-state index in [2.05, 4.69) is 20.8 Å². The fourth-order valence-corrected chi connectivity index (χ4v) is 9.03. The van der Waals surface area contributed by atoms with Gasteiger partial charge in [0, 0.05) is 12.3 Å². The standard InChI is InChI=1S/C26H44O5/c1-5-6-20(27)24(31)14(2)16-7-8-17-15-11-21(28)19-12-22(29)23(30)13-26(19,4)18(15)9-10-25(16,17)3/h14-20,22-24,27,29-31H,5-13H2,1-4H3/t14-,15-,16+,17-,18-,19+,20+,22-,23+,24+,25+,26+/m0/s1. The summed E-state index contributed by atoms with van der Waals surface area (Å²) < 4.78 is 0. The summed E-state index contributed by atoms with van der Waals surface area (Å²) in [6.45, 7) is 8.71. The van der Waals surface area contributed by atoms with Gasteiger partial charge >= 0.3 is 0 Å². The molecule has 4 N–H and O–H groups in total. The monoisotopic (exact) mass is 436 g/mol. The highest BCUT2D eigenvalue weighted by molar-refractivity contribution is 5.83. The molecule has 5 nitrogen and oxygen atoms in total. The van der Waals surface area contributed by atoms with Crippen molar-refractivity contribution in [2.24, 2.45) is 46.3 Å². The van der Waals surface area contributed by atoms with Crippen LogP contribution in [0.25, 0.3) is 0 Å². The fourth-order valence-electron chi connectivity index (χ4n) is 9.03. The summed E-state index contributed by atoms with van der Waals surface area (Å²) in [6, 6.07) is 0. The Kier molecular flexibility index (Phi) is 6.39. The maximum Gasteiger partial charge on any atom is 0.136 e. The molecule has 12 atom stereocenters. The van der Waals surface area contributed by atoms with E-state index in [0.717, 1.165) is 32.1 Å². The second kappa shape index (κ2) is 8.38. The number of hydrogen-bond donors (Lipinski definition) is 4. The number of aliphatic hydroxyl groups excluding tert-OH is 4. The molecule has 0 amide bonds. The molecule has 0 saturated heterocycles. The molecule has 0 aliphatic heterocycles. The molecule has 4 saturated carbocycles. The molecule has 0 radical (unpaired) electrons. The van der Waals surface area contributed by atoms with E-state index in [1.165, 1.54) is 0 Å². The summed E-state index contributed by atoms with van der Waals surface area (Å²) in [6.07, 6.45) is 4.45. The number of hydrogen-bond acceptors (Lipinski definition) is 5. The van der Waals surface area contributed by atoms with Crippen LogP contribution in [0.4, 0.5) is 0 Å². The number of Topliss-reactive ketones (excluding diaryl/α,β-unsaturated/α-hetero) is 1. The van der Waals surface area contributed by atoms with Crippen molar-refractivity contribution in [3.63, 3.8) is 0 Å². The van der Waals surface area contributed by atoms with Gasteiger partial charge in [-0.05, 0) is 85.4 Å². The van der Waals surface area contributed by atoms with E-state index < -0.39 is 24.4 Å². The van der Waals surface area contributed by atoms with Crippen LogP contribution in [0.3, 0.4) is 0 Å². The van der Waals surface area contributed by atoms with Crippen LogP contribution in [-0.2, 0) is 4.79 Å². The number of carbonyl (C=O) groups is 1. The van der Waals surface area contributed by atoms with E-state index in [-0.39, 0.29) is 28.4 Å². The van der Waals surface area contributed by atoms with Crippen LogP contribution in [0, 0.1) is 46.3 Å². The number of ketones is 1. The van der Waals surface area contributed by atoms with Gasteiger partial charge < -0.3 is 20.4 Å². The normalized spacial score (nSPS) is 50.2. The van der Waals surface area contributed by atoms with Crippen LogP contribution in [0.2, 0.25) is 0 Å². The highest BCUT2D eigenvalue weighted by atomic mass is 16.3. The maximum atomic E-state index is 13.3. The SMILES string of the molecule is CCC[C@@H](O)[C@H](O)[C@@H](C)[C@H]1CC[C@H]2[C@@H]3CC(=O)[C@H]4C[C@H](O)[C@H](O)C[C@]4(C)[C@H]3CC[C@]12C. The van der Waals surface area contributed by atoms with Crippen molar-refractivity contribution in [1.82, 2.24) is 0 Å². The van der Waals surface area contributed by atoms with Gasteiger partial charge in [-0.15, -0.1) is 0 Å². The Hall–Kier alpha value is -0.490. The van der Waals surface area contributed by atoms with Gasteiger partial charge in [0.15, 0.2) is 0 Å². The van der Waals surface area contributed by atoms with Crippen molar-refractivity contribution >= 4 is 5.78 Å². The van der Waals surface area contributed by atoms with E-state index in [1.54, 1.807) is 0 Å². The third kappa shape index (κ3) is 3.62. The molecular weight excluding hydrogens is 392 g/mol. The molecule has 4 aliphatic carbocycles. The number of rotatable bonds is 5. The summed E-state index contributed by atoms with van der Waals surface area (Å²) >= 11 is 0. The van der Waals surface area contributed by atoms with Gasteiger partial charge in [0.05, 0.1) is 24.4 Å². The van der Waals surface area contributed by atoms with Crippen molar-refractivity contribution in [2.75, 3.05) is 0 Å². The first kappa shape index (κ1) is 23.7. The Morgan fingerprint density at radius 1 is 1.03 bits per heavy atom. The van der Waals surface area contributed by atoms with Gasteiger partial charge in [0.2, 0.25) is 0 Å². The van der Waals surface area contributed by atoms with Gasteiger partial charge in [-0.3, -0.25) is 4.79 Å². The molecule has 178 valence electrons. The van der Waals surface area contributed by atoms with Crippen molar-refractivity contribution < 1.29 is 25.2 Å². The average Bonchev–Trinajstić information content (AvgIpc) is 3.06. The minimum Gasteiger partial charge on any atom is -0.390 e. The lowest BCUT2D eigenvalue weighted by atomic mass is 9.44. The Morgan fingerprint density at radius 3 is 2.39 bits per heavy atom. The molecule has 31 heavy (non-hydrogen) atoms.